The summed E-state index contributed by atoms with van der Waals surface area (Å²) in [6.07, 6.45) is 0.925. The largest absolute Gasteiger partial charge is 0.497 e. The predicted molar refractivity (Wildman–Crippen MR) is 91.5 cm³/mol. The van der Waals surface area contributed by atoms with Gasteiger partial charge in [-0.1, -0.05) is 18.2 Å². The number of ether oxygens (including phenoxy) is 2. The highest BCUT2D eigenvalue weighted by Gasteiger charge is 2.22. The minimum atomic E-state index is -0.117. The zero-order valence-corrected chi connectivity index (χ0v) is 14.0. The Morgan fingerprint density at radius 2 is 1.83 bits per heavy atom. The third-order valence-corrected chi connectivity index (χ3v) is 5.00. The fraction of sp³-hybridized carbons (Fsp3) is 0.278. The van der Waals surface area contributed by atoms with Gasteiger partial charge in [-0.25, -0.2) is 0 Å². The van der Waals surface area contributed by atoms with Gasteiger partial charge in [0.05, 0.1) is 20.3 Å². The molecule has 2 aromatic rings. The van der Waals surface area contributed by atoms with Gasteiger partial charge >= 0.3 is 0 Å². The quantitative estimate of drug-likeness (QED) is 0.930. The number of fused-ring (bicyclic) bond motifs is 1. The van der Waals surface area contributed by atoms with Crippen LogP contribution in [0.3, 0.4) is 0 Å². The van der Waals surface area contributed by atoms with E-state index in [0.717, 1.165) is 12.2 Å². The van der Waals surface area contributed by atoms with Gasteiger partial charge in [-0.2, -0.15) is 0 Å². The SMILES string of the molecule is COc1cc(OC)cc(C(=O)N[C@@H]2CCSc3ccccc32)c1. The molecule has 0 saturated heterocycles. The maximum absolute atomic E-state index is 12.6. The normalized spacial score (nSPS) is 16.3. The number of methoxy groups -OCH3 is 2. The molecular formula is C18H19NO3S. The monoisotopic (exact) mass is 329 g/mol. The molecule has 0 radical (unpaired) electrons. The van der Waals surface area contributed by atoms with Crippen molar-refractivity contribution < 1.29 is 14.3 Å². The first-order chi connectivity index (χ1) is 11.2. The van der Waals surface area contributed by atoms with Crippen LogP contribution in [0.15, 0.2) is 47.4 Å². The van der Waals surface area contributed by atoms with Crippen LogP contribution in [0.25, 0.3) is 0 Å². The summed E-state index contributed by atoms with van der Waals surface area (Å²) in [7, 11) is 3.15. The fourth-order valence-electron chi connectivity index (χ4n) is 2.67. The van der Waals surface area contributed by atoms with Crippen molar-refractivity contribution >= 4 is 17.7 Å². The molecule has 0 fully saturated rings. The number of rotatable bonds is 4. The first-order valence-corrected chi connectivity index (χ1v) is 8.45. The van der Waals surface area contributed by atoms with Crippen LogP contribution in [0.4, 0.5) is 0 Å². The third kappa shape index (κ3) is 3.45. The minimum Gasteiger partial charge on any atom is -0.497 e. The second-order valence-electron chi connectivity index (χ2n) is 5.30. The molecule has 0 saturated carbocycles. The van der Waals surface area contributed by atoms with Gasteiger partial charge in [-0.3, -0.25) is 4.79 Å². The molecule has 2 aromatic carbocycles. The molecular weight excluding hydrogens is 310 g/mol. The Morgan fingerprint density at radius 3 is 2.52 bits per heavy atom. The van der Waals surface area contributed by atoms with E-state index in [2.05, 4.69) is 17.4 Å². The zero-order valence-electron chi connectivity index (χ0n) is 13.2. The maximum atomic E-state index is 12.6. The lowest BCUT2D eigenvalue weighted by atomic mass is 10.0. The smallest absolute Gasteiger partial charge is 0.252 e. The lowest BCUT2D eigenvalue weighted by molar-refractivity contribution is 0.0934. The van der Waals surface area contributed by atoms with E-state index < -0.39 is 0 Å². The molecule has 5 heteroatoms. The number of hydrogen-bond donors (Lipinski definition) is 1. The second kappa shape index (κ2) is 6.96. The van der Waals surface area contributed by atoms with Crippen LogP contribution in [0.1, 0.15) is 28.4 Å². The van der Waals surface area contributed by atoms with Crippen LogP contribution in [-0.4, -0.2) is 25.9 Å². The molecule has 1 atom stereocenters. The molecule has 1 aliphatic rings. The molecule has 0 aliphatic carbocycles. The number of carbonyl (C=O) groups excluding carboxylic acids is 1. The summed E-state index contributed by atoms with van der Waals surface area (Å²) >= 11 is 1.84. The number of hydrogen-bond acceptors (Lipinski definition) is 4. The molecule has 0 aromatic heterocycles. The fourth-order valence-corrected chi connectivity index (χ4v) is 3.80. The van der Waals surface area contributed by atoms with E-state index in [1.165, 1.54) is 10.5 Å². The van der Waals surface area contributed by atoms with Crippen LogP contribution in [0, 0.1) is 0 Å². The highest BCUT2D eigenvalue weighted by molar-refractivity contribution is 7.99. The molecule has 23 heavy (non-hydrogen) atoms. The van der Waals surface area contributed by atoms with Gasteiger partial charge < -0.3 is 14.8 Å². The van der Waals surface area contributed by atoms with Crippen molar-refractivity contribution in [1.29, 1.82) is 0 Å². The Kier molecular flexibility index (Phi) is 4.76. The number of amides is 1. The summed E-state index contributed by atoms with van der Waals surface area (Å²) in [5, 5.41) is 3.13. The van der Waals surface area contributed by atoms with Crippen LogP contribution in [0.5, 0.6) is 11.5 Å². The summed E-state index contributed by atoms with van der Waals surface area (Å²) in [6, 6.07) is 13.5. The lowest BCUT2D eigenvalue weighted by Crippen LogP contribution is -2.30. The van der Waals surface area contributed by atoms with Gasteiger partial charge in [-0.15, -0.1) is 11.8 Å². The van der Waals surface area contributed by atoms with Crippen molar-refractivity contribution in [3.05, 3.63) is 53.6 Å². The lowest BCUT2D eigenvalue weighted by Gasteiger charge is -2.26. The zero-order chi connectivity index (χ0) is 16.2. The summed E-state index contributed by atoms with van der Waals surface area (Å²) < 4.78 is 10.5. The van der Waals surface area contributed by atoms with Crippen molar-refractivity contribution in [2.24, 2.45) is 0 Å². The van der Waals surface area contributed by atoms with Crippen LogP contribution in [-0.2, 0) is 0 Å². The number of thioether (sulfide) groups is 1. The van der Waals surface area contributed by atoms with Gasteiger partial charge in [0.15, 0.2) is 0 Å². The molecule has 120 valence electrons. The Morgan fingerprint density at radius 1 is 1.13 bits per heavy atom. The van der Waals surface area contributed by atoms with Crippen molar-refractivity contribution in [2.75, 3.05) is 20.0 Å². The topological polar surface area (TPSA) is 47.6 Å². The highest BCUT2D eigenvalue weighted by atomic mass is 32.2. The molecule has 1 aliphatic heterocycles. The average molecular weight is 329 g/mol. The van der Waals surface area contributed by atoms with Crippen molar-refractivity contribution in [3.63, 3.8) is 0 Å². The highest BCUT2D eigenvalue weighted by Crippen LogP contribution is 2.36. The molecule has 0 bridgehead atoms. The summed E-state index contributed by atoms with van der Waals surface area (Å²) in [5.74, 6) is 2.10. The first-order valence-electron chi connectivity index (χ1n) is 7.47. The maximum Gasteiger partial charge on any atom is 0.252 e. The molecule has 3 rings (SSSR count). The molecule has 0 unspecified atom stereocenters. The standard InChI is InChI=1S/C18H19NO3S/c1-21-13-9-12(10-14(11-13)22-2)18(20)19-16-7-8-23-17-6-4-3-5-15(16)17/h3-6,9-11,16H,7-8H2,1-2H3,(H,19,20)/t16-/m1/s1. The summed E-state index contributed by atoms with van der Waals surface area (Å²) in [4.78, 5) is 13.9. The van der Waals surface area contributed by atoms with Gasteiger partial charge in [0.25, 0.3) is 5.91 Å². The number of benzene rings is 2. The van der Waals surface area contributed by atoms with E-state index in [-0.39, 0.29) is 11.9 Å². The predicted octanol–water partition coefficient (Wildman–Crippen LogP) is 3.67. The minimum absolute atomic E-state index is 0.0390. The number of carbonyl (C=O) groups is 1. The van der Waals surface area contributed by atoms with Gasteiger partial charge in [-0.05, 0) is 30.2 Å². The van der Waals surface area contributed by atoms with E-state index in [9.17, 15) is 4.79 Å². The molecule has 4 nitrogen and oxygen atoms in total. The summed E-state index contributed by atoms with van der Waals surface area (Å²) in [5.41, 5.74) is 1.73. The van der Waals surface area contributed by atoms with Crippen molar-refractivity contribution in [1.82, 2.24) is 5.32 Å². The van der Waals surface area contributed by atoms with E-state index in [1.54, 1.807) is 32.4 Å². The average Bonchev–Trinajstić information content (AvgIpc) is 2.61. The number of nitrogens with one attached hydrogen (secondary N) is 1. The van der Waals surface area contributed by atoms with Gasteiger partial charge in [0.2, 0.25) is 0 Å². The van der Waals surface area contributed by atoms with Crippen LogP contribution < -0.4 is 14.8 Å². The Balaban J connectivity index is 1.83. The van der Waals surface area contributed by atoms with Gasteiger partial charge in [0, 0.05) is 22.3 Å². The molecule has 1 N–H and O–H groups in total. The van der Waals surface area contributed by atoms with Crippen LogP contribution >= 0.6 is 11.8 Å². The summed E-state index contributed by atoms with van der Waals surface area (Å²) in [6.45, 7) is 0. The van der Waals surface area contributed by atoms with Crippen molar-refractivity contribution in [3.8, 4) is 11.5 Å². The van der Waals surface area contributed by atoms with E-state index in [1.807, 2.05) is 23.9 Å². The Labute approximate surface area is 140 Å². The molecule has 0 spiro atoms. The Bertz CT molecular complexity index is 695. The van der Waals surface area contributed by atoms with Crippen LogP contribution in [0.2, 0.25) is 0 Å². The van der Waals surface area contributed by atoms with E-state index >= 15 is 0 Å². The van der Waals surface area contributed by atoms with E-state index in [4.69, 9.17) is 9.47 Å². The first kappa shape index (κ1) is 15.7. The van der Waals surface area contributed by atoms with E-state index in [0.29, 0.717) is 17.1 Å². The third-order valence-electron chi connectivity index (χ3n) is 3.88. The Hall–Kier alpha value is -2.14. The van der Waals surface area contributed by atoms with Gasteiger partial charge in [0.1, 0.15) is 11.5 Å². The second-order valence-corrected chi connectivity index (χ2v) is 6.44. The molecule has 1 amide bonds. The van der Waals surface area contributed by atoms with Crippen molar-refractivity contribution in [2.45, 2.75) is 17.4 Å². The molecule has 1 heterocycles.